The largest absolute Gasteiger partial charge is 0.339 e. The van der Waals surface area contributed by atoms with Crippen molar-refractivity contribution in [1.29, 1.82) is 0 Å². The molecule has 6 heteroatoms. The molecule has 5 nitrogen and oxygen atoms in total. The first-order valence-electron chi connectivity index (χ1n) is 6.09. The van der Waals surface area contributed by atoms with E-state index < -0.39 is 0 Å². The molecule has 1 aliphatic rings. The molecular formula is C12H17BrN4O. The second-order valence-electron chi connectivity index (χ2n) is 4.67. The lowest BCUT2D eigenvalue weighted by Crippen LogP contribution is -2.50. The van der Waals surface area contributed by atoms with E-state index in [4.69, 9.17) is 0 Å². The SMILES string of the molecule is CC(C)C(=O)N1CCN(c2ncc(Br)cn2)CC1. The number of hydrogen-bond acceptors (Lipinski definition) is 4. The van der Waals surface area contributed by atoms with Crippen LogP contribution in [0.15, 0.2) is 16.9 Å². The van der Waals surface area contributed by atoms with Gasteiger partial charge < -0.3 is 9.80 Å². The van der Waals surface area contributed by atoms with Crippen LogP contribution < -0.4 is 4.90 Å². The Kier molecular flexibility index (Phi) is 4.16. The fraction of sp³-hybridized carbons (Fsp3) is 0.583. The topological polar surface area (TPSA) is 49.3 Å². The van der Waals surface area contributed by atoms with Crippen molar-refractivity contribution >= 4 is 27.8 Å². The molecule has 18 heavy (non-hydrogen) atoms. The molecule has 0 N–H and O–H groups in total. The van der Waals surface area contributed by atoms with Crippen LogP contribution in [0.5, 0.6) is 0 Å². The minimum atomic E-state index is 0.0699. The zero-order chi connectivity index (χ0) is 13.1. The van der Waals surface area contributed by atoms with E-state index in [1.807, 2.05) is 18.7 Å². The number of carbonyl (C=O) groups excluding carboxylic acids is 1. The van der Waals surface area contributed by atoms with Crippen LogP contribution in [-0.4, -0.2) is 47.0 Å². The number of amides is 1. The molecule has 1 aromatic rings. The molecule has 98 valence electrons. The van der Waals surface area contributed by atoms with E-state index in [0.29, 0.717) is 0 Å². The molecule has 1 aliphatic heterocycles. The zero-order valence-corrected chi connectivity index (χ0v) is 12.2. The molecule has 1 amide bonds. The predicted molar refractivity (Wildman–Crippen MR) is 73.4 cm³/mol. The van der Waals surface area contributed by atoms with Gasteiger partial charge in [0.25, 0.3) is 0 Å². The number of hydrogen-bond donors (Lipinski definition) is 0. The number of aromatic nitrogens is 2. The van der Waals surface area contributed by atoms with Gasteiger partial charge in [0.2, 0.25) is 11.9 Å². The Morgan fingerprint density at radius 3 is 2.28 bits per heavy atom. The summed E-state index contributed by atoms with van der Waals surface area (Å²) < 4.78 is 0.875. The quantitative estimate of drug-likeness (QED) is 0.831. The van der Waals surface area contributed by atoms with Crippen LogP contribution >= 0.6 is 15.9 Å². The molecule has 0 radical (unpaired) electrons. The summed E-state index contributed by atoms with van der Waals surface area (Å²) in [5.41, 5.74) is 0. The van der Waals surface area contributed by atoms with E-state index in [-0.39, 0.29) is 11.8 Å². The van der Waals surface area contributed by atoms with Crippen LogP contribution in [0.4, 0.5) is 5.95 Å². The van der Waals surface area contributed by atoms with E-state index >= 15 is 0 Å². The summed E-state index contributed by atoms with van der Waals surface area (Å²) in [6.45, 7) is 6.95. The third-order valence-corrected chi connectivity index (χ3v) is 3.38. The highest BCUT2D eigenvalue weighted by Crippen LogP contribution is 2.14. The van der Waals surface area contributed by atoms with Gasteiger partial charge in [-0.1, -0.05) is 13.8 Å². The second kappa shape index (κ2) is 5.65. The lowest BCUT2D eigenvalue weighted by Gasteiger charge is -2.35. The molecule has 0 saturated carbocycles. The van der Waals surface area contributed by atoms with Gasteiger partial charge in [-0.3, -0.25) is 4.79 Å². The Morgan fingerprint density at radius 1 is 1.22 bits per heavy atom. The van der Waals surface area contributed by atoms with Crippen molar-refractivity contribution in [3.63, 3.8) is 0 Å². The molecule has 0 spiro atoms. The fourth-order valence-electron chi connectivity index (χ4n) is 1.96. The van der Waals surface area contributed by atoms with Gasteiger partial charge >= 0.3 is 0 Å². The number of nitrogens with zero attached hydrogens (tertiary/aromatic N) is 4. The molecule has 1 saturated heterocycles. The van der Waals surface area contributed by atoms with Gasteiger partial charge in [0.05, 0.1) is 4.47 Å². The van der Waals surface area contributed by atoms with Gasteiger partial charge in [0.15, 0.2) is 0 Å². The first-order valence-corrected chi connectivity index (χ1v) is 6.88. The van der Waals surface area contributed by atoms with E-state index in [1.165, 1.54) is 0 Å². The summed E-state index contributed by atoms with van der Waals surface area (Å²) in [5, 5.41) is 0. The molecule has 2 rings (SSSR count). The summed E-state index contributed by atoms with van der Waals surface area (Å²) in [6.07, 6.45) is 3.49. The van der Waals surface area contributed by atoms with Crippen molar-refractivity contribution in [2.75, 3.05) is 31.1 Å². The van der Waals surface area contributed by atoms with Crippen LogP contribution in [0.1, 0.15) is 13.8 Å². The van der Waals surface area contributed by atoms with Gasteiger partial charge in [0, 0.05) is 44.5 Å². The Bertz CT molecular complexity index is 413. The maximum atomic E-state index is 11.9. The fourth-order valence-corrected chi connectivity index (χ4v) is 2.17. The number of rotatable bonds is 2. The van der Waals surface area contributed by atoms with Crippen LogP contribution in [-0.2, 0) is 4.79 Å². The average Bonchev–Trinajstić information content (AvgIpc) is 2.39. The summed E-state index contributed by atoms with van der Waals surface area (Å²) >= 11 is 3.32. The van der Waals surface area contributed by atoms with Crippen molar-refractivity contribution < 1.29 is 4.79 Å². The maximum absolute atomic E-state index is 11.9. The lowest BCUT2D eigenvalue weighted by atomic mass is 10.1. The number of carbonyl (C=O) groups is 1. The molecule has 0 atom stereocenters. The van der Waals surface area contributed by atoms with Crippen molar-refractivity contribution in [1.82, 2.24) is 14.9 Å². The number of anilines is 1. The van der Waals surface area contributed by atoms with Gasteiger partial charge in [-0.15, -0.1) is 0 Å². The van der Waals surface area contributed by atoms with Gasteiger partial charge in [-0.05, 0) is 15.9 Å². The maximum Gasteiger partial charge on any atom is 0.225 e. The van der Waals surface area contributed by atoms with Crippen molar-refractivity contribution in [3.8, 4) is 0 Å². The summed E-state index contributed by atoms with van der Waals surface area (Å²) in [4.78, 5) is 24.4. The molecule has 1 fully saturated rings. The third-order valence-electron chi connectivity index (χ3n) is 2.97. The van der Waals surface area contributed by atoms with Gasteiger partial charge in [-0.2, -0.15) is 0 Å². The Morgan fingerprint density at radius 2 is 1.78 bits per heavy atom. The average molecular weight is 313 g/mol. The highest BCUT2D eigenvalue weighted by Gasteiger charge is 2.23. The number of piperazine rings is 1. The highest BCUT2D eigenvalue weighted by molar-refractivity contribution is 9.10. The van der Waals surface area contributed by atoms with Crippen molar-refractivity contribution in [2.45, 2.75) is 13.8 Å². The minimum absolute atomic E-state index is 0.0699. The highest BCUT2D eigenvalue weighted by atomic mass is 79.9. The second-order valence-corrected chi connectivity index (χ2v) is 5.58. The first-order chi connectivity index (χ1) is 8.58. The summed E-state index contributed by atoms with van der Waals surface area (Å²) in [5.74, 6) is 1.03. The normalized spacial score (nSPS) is 16.2. The van der Waals surface area contributed by atoms with Crippen LogP contribution in [0, 0.1) is 5.92 Å². The molecule has 0 unspecified atom stereocenters. The summed E-state index contributed by atoms with van der Waals surface area (Å²) in [6, 6.07) is 0. The zero-order valence-electron chi connectivity index (χ0n) is 10.6. The predicted octanol–water partition coefficient (Wildman–Crippen LogP) is 1.54. The van der Waals surface area contributed by atoms with E-state index in [9.17, 15) is 4.79 Å². The number of halogens is 1. The molecule has 0 bridgehead atoms. The lowest BCUT2D eigenvalue weighted by molar-refractivity contribution is -0.134. The third kappa shape index (κ3) is 2.98. The van der Waals surface area contributed by atoms with Crippen LogP contribution in [0.2, 0.25) is 0 Å². The molecule has 1 aromatic heterocycles. The Hall–Kier alpha value is -1.17. The smallest absolute Gasteiger partial charge is 0.225 e. The van der Waals surface area contributed by atoms with Crippen molar-refractivity contribution in [3.05, 3.63) is 16.9 Å². The van der Waals surface area contributed by atoms with E-state index in [0.717, 1.165) is 36.6 Å². The van der Waals surface area contributed by atoms with Crippen LogP contribution in [0.3, 0.4) is 0 Å². The first kappa shape index (κ1) is 13.3. The van der Waals surface area contributed by atoms with E-state index in [1.54, 1.807) is 12.4 Å². The Balaban J connectivity index is 1.94. The van der Waals surface area contributed by atoms with Gasteiger partial charge in [-0.25, -0.2) is 9.97 Å². The monoisotopic (exact) mass is 312 g/mol. The Labute approximate surface area is 115 Å². The molecular weight excluding hydrogens is 296 g/mol. The molecule has 0 aliphatic carbocycles. The van der Waals surface area contributed by atoms with Crippen LogP contribution in [0.25, 0.3) is 0 Å². The molecule has 0 aromatic carbocycles. The van der Waals surface area contributed by atoms with Crippen molar-refractivity contribution in [2.24, 2.45) is 5.92 Å². The van der Waals surface area contributed by atoms with E-state index in [2.05, 4.69) is 30.8 Å². The standard InChI is InChI=1S/C12H17BrN4O/c1-9(2)11(18)16-3-5-17(6-4-16)12-14-7-10(13)8-15-12/h7-9H,3-6H2,1-2H3. The van der Waals surface area contributed by atoms with Gasteiger partial charge in [0.1, 0.15) is 0 Å². The minimum Gasteiger partial charge on any atom is -0.339 e. The summed E-state index contributed by atoms with van der Waals surface area (Å²) in [7, 11) is 0. The molecule has 2 heterocycles.